The molecule has 4 rings (SSSR count). The normalized spacial score (nSPS) is 55.0. The van der Waals surface area contributed by atoms with Crippen LogP contribution >= 0.6 is 0 Å². The molecule has 6 unspecified atom stereocenters. The molecule has 2 aliphatic heterocycles. The first-order chi connectivity index (χ1) is 11.0. The van der Waals surface area contributed by atoms with E-state index in [-0.39, 0.29) is 29.1 Å². The van der Waals surface area contributed by atoms with Crippen LogP contribution in [0.5, 0.6) is 0 Å². The number of carbonyl (C=O) groups is 1. The molecule has 0 radical (unpaired) electrons. The molecule has 4 fully saturated rings. The second-order valence-corrected chi connectivity index (χ2v) is 10.2. The van der Waals surface area contributed by atoms with Crippen molar-refractivity contribution in [1.82, 2.24) is 0 Å². The highest BCUT2D eigenvalue weighted by atomic mass is 16.7. The van der Waals surface area contributed by atoms with E-state index in [1.165, 1.54) is 12.8 Å². The van der Waals surface area contributed by atoms with Crippen LogP contribution < -0.4 is 0 Å². The van der Waals surface area contributed by atoms with E-state index >= 15 is 0 Å². The zero-order chi connectivity index (χ0) is 17.6. The number of rotatable bonds is 2. The lowest BCUT2D eigenvalue weighted by Crippen LogP contribution is -2.66. The Kier molecular flexibility index (Phi) is 3.20. The van der Waals surface area contributed by atoms with Crippen LogP contribution in [0.15, 0.2) is 0 Å². The maximum Gasteiger partial charge on any atom is 0.306 e. The molecule has 4 heteroatoms. The smallest absolute Gasteiger partial charge is 0.306 e. The summed E-state index contributed by atoms with van der Waals surface area (Å²) in [5.74, 6) is -0.194. The van der Waals surface area contributed by atoms with Crippen LogP contribution in [0.2, 0.25) is 0 Å². The number of epoxide rings is 1. The quantitative estimate of drug-likeness (QED) is 0.769. The summed E-state index contributed by atoms with van der Waals surface area (Å²) in [6.45, 7) is 11.4. The highest BCUT2D eigenvalue weighted by Gasteiger charge is 2.80. The Bertz CT molecular complexity index is 586. The number of carboxylic acids is 1. The van der Waals surface area contributed by atoms with E-state index in [0.29, 0.717) is 11.3 Å². The maximum absolute atomic E-state index is 11.4. The van der Waals surface area contributed by atoms with Gasteiger partial charge in [0.1, 0.15) is 11.2 Å². The van der Waals surface area contributed by atoms with Crippen LogP contribution in [0.1, 0.15) is 79.6 Å². The van der Waals surface area contributed by atoms with Gasteiger partial charge in [0.15, 0.2) is 0 Å². The molecule has 6 atom stereocenters. The summed E-state index contributed by atoms with van der Waals surface area (Å²) in [4.78, 5) is 11.4. The van der Waals surface area contributed by atoms with Crippen molar-refractivity contribution in [1.29, 1.82) is 0 Å². The molecule has 2 saturated carbocycles. The van der Waals surface area contributed by atoms with Gasteiger partial charge in [-0.15, -0.1) is 0 Å². The molecule has 0 aromatic carbocycles. The Morgan fingerprint density at radius 1 is 1.08 bits per heavy atom. The van der Waals surface area contributed by atoms with Gasteiger partial charge in [-0.05, 0) is 57.3 Å². The zero-order valence-corrected chi connectivity index (χ0v) is 15.8. The van der Waals surface area contributed by atoms with Gasteiger partial charge in [0.2, 0.25) is 0 Å². The van der Waals surface area contributed by atoms with E-state index in [1.807, 2.05) is 6.92 Å². The highest BCUT2D eigenvalue weighted by molar-refractivity contribution is 5.68. The standard InChI is InChI=1S/C20H32O4/c1-16(2)7-6-8-18(4)13(16)11-14-19(5,23-14)20(18)10-9-17(3,24-20)12-15(21)22/h13-14H,6-12H2,1-5H3,(H,21,22). The van der Waals surface area contributed by atoms with Gasteiger partial charge in [-0.25, -0.2) is 0 Å². The summed E-state index contributed by atoms with van der Waals surface area (Å²) < 4.78 is 13.1. The van der Waals surface area contributed by atoms with Gasteiger partial charge in [0.25, 0.3) is 0 Å². The first-order valence-corrected chi connectivity index (χ1v) is 9.58. The van der Waals surface area contributed by atoms with Crippen molar-refractivity contribution < 1.29 is 19.4 Å². The second-order valence-electron chi connectivity index (χ2n) is 10.2. The zero-order valence-electron chi connectivity index (χ0n) is 15.8. The lowest BCUT2D eigenvalue weighted by Gasteiger charge is -2.62. The van der Waals surface area contributed by atoms with Crippen LogP contribution in [0.25, 0.3) is 0 Å². The molecule has 2 heterocycles. The van der Waals surface area contributed by atoms with Crippen molar-refractivity contribution in [2.24, 2.45) is 16.7 Å². The topological polar surface area (TPSA) is 59.1 Å². The molecule has 0 bridgehead atoms. The molecule has 4 nitrogen and oxygen atoms in total. The summed E-state index contributed by atoms with van der Waals surface area (Å²) >= 11 is 0. The summed E-state index contributed by atoms with van der Waals surface area (Å²) in [6.07, 6.45) is 6.87. The fraction of sp³-hybridized carbons (Fsp3) is 0.950. The third-order valence-corrected chi connectivity index (χ3v) is 8.30. The van der Waals surface area contributed by atoms with Gasteiger partial charge < -0.3 is 14.6 Å². The number of hydrogen-bond donors (Lipinski definition) is 1. The van der Waals surface area contributed by atoms with Crippen LogP contribution in [-0.2, 0) is 14.3 Å². The summed E-state index contributed by atoms with van der Waals surface area (Å²) in [5.41, 5.74) is -0.787. The molecule has 0 amide bonds. The van der Waals surface area contributed by atoms with Crippen molar-refractivity contribution >= 4 is 5.97 Å². The number of fused-ring (bicyclic) bond motifs is 4. The molecular weight excluding hydrogens is 304 g/mol. The average molecular weight is 336 g/mol. The Balaban J connectivity index is 1.77. The van der Waals surface area contributed by atoms with E-state index < -0.39 is 11.6 Å². The van der Waals surface area contributed by atoms with Gasteiger partial charge in [0.05, 0.1) is 18.1 Å². The second kappa shape index (κ2) is 4.56. The van der Waals surface area contributed by atoms with Crippen molar-refractivity contribution in [3.05, 3.63) is 0 Å². The van der Waals surface area contributed by atoms with Gasteiger partial charge >= 0.3 is 5.97 Å². The van der Waals surface area contributed by atoms with E-state index in [1.54, 1.807) is 0 Å². The number of carboxylic acid groups (broad SMARTS) is 1. The Hall–Kier alpha value is -0.610. The fourth-order valence-electron chi connectivity index (χ4n) is 7.01. The van der Waals surface area contributed by atoms with Gasteiger partial charge in [-0.2, -0.15) is 0 Å². The predicted molar refractivity (Wildman–Crippen MR) is 90.8 cm³/mol. The Morgan fingerprint density at radius 3 is 2.46 bits per heavy atom. The fourth-order valence-corrected chi connectivity index (χ4v) is 7.01. The molecule has 136 valence electrons. The number of aliphatic carboxylic acids is 1. The van der Waals surface area contributed by atoms with Gasteiger partial charge in [0, 0.05) is 5.41 Å². The maximum atomic E-state index is 11.4. The van der Waals surface area contributed by atoms with Crippen LogP contribution in [0, 0.1) is 16.7 Å². The Labute approximate surface area is 145 Å². The average Bonchev–Trinajstić information content (AvgIpc) is 2.97. The van der Waals surface area contributed by atoms with E-state index in [2.05, 4.69) is 27.7 Å². The van der Waals surface area contributed by atoms with Gasteiger partial charge in [-0.1, -0.05) is 27.2 Å². The third kappa shape index (κ3) is 1.90. The number of ether oxygens (including phenoxy) is 2. The third-order valence-electron chi connectivity index (χ3n) is 8.30. The van der Waals surface area contributed by atoms with E-state index in [4.69, 9.17) is 9.47 Å². The minimum Gasteiger partial charge on any atom is -0.481 e. The monoisotopic (exact) mass is 336 g/mol. The highest BCUT2D eigenvalue weighted by Crippen LogP contribution is 2.74. The van der Waals surface area contributed by atoms with Crippen molar-refractivity contribution in [2.75, 3.05) is 0 Å². The van der Waals surface area contributed by atoms with Crippen LogP contribution in [0.3, 0.4) is 0 Å². The molecule has 1 spiro atoms. The molecule has 24 heavy (non-hydrogen) atoms. The summed E-state index contributed by atoms with van der Waals surface area (Å²) in [6, 6.07) is 0. The van der Waals surface area contributed by atoms with Crippen LogP contribution in [0.4, 0.5) is 0 Å². The minimum atomic E-state index is -0.769. The Morgan fingerprint density at radius 2 is 1.79 bits per heavy atom. The largest absolute Gasteiger partial charge is 0.481 e. The van der Waals surface area contributed by atoms with Crippen molar-refractivity contribution in [2.45, 2.75) is 102 Å². The molecule has 0 aromatic rings. The van der Waals surface area contributed by atoms with Crippen LogP contribution in [-0.4, -0.2) is 34.0 Å². The van der Waals surface area contributed by atoms with Gasteiger partial charge in [-0.3, -0.25) is 4.79 Å². The molecular formula is C20H32O4. The van der Waals surface area contributed by atoms with E-state index in [0.717, 1.165) is 25.7 Å². The molecule has 0 aromatic heterocycles. The van der Waals surface area contributed by atoms with E-state index in [9.17, 15) is 9.90 Å². The van der Waals surface area contributed by atoms with Crippen molar-refractivity contribution in [3.8, 4) is 0 Å². The summed E-state index contributed by atoms with van der Waals surface area (Å²) in [5, 5.41) is 9.33. The predicted octanol–water partition coefficient (Wildman–Crippen LogP) is 4.16. The SMILES string of the molecule is CC1(CC(=O)O)CCC2(O1)C1(C)CCCC(C)(C)C1CC1OC12C. The first kappa shape index (κ1) is 16.8. The number of hydrogen-bond acceptors (Lipinski definition) is 3. The molecule has 1 N–H and O–H groups in total. The molecule has 4 aliphatic rings. The van der Waals surface area contributed by atoms with Crippen molar-refractivity contribution in [3.63, 3.8) is 0 Å². The first-order valence-electron chi connectivity index (χ1n) is 9.58. The summed E-state index contributed by atoms with van der Waals surface area (Å²) in [7, 11) is 0. The molecule has 2 aliphatic carbocycles. The molecule has 2 saturated heterocycles. The lowest BCUT2D eigenvalue weighted by atomic mass is 9.44. The minimum absolute atomic E-state index is 0.0623. The lowest BCUT2D eigenvalue weighted by molar-refractivity contribution is -0.237.